The van der Waals surface area contributed by atoms with E-state index in [0.29, 0.717) is 6.42 Å². The summed E-state index contributed by atoms with van der Waals surface area (Å²) >= 11 is 0. The molecule has 12 heavy (non-hydrogen) atoms. The first kappa shape index (κ1) is 11.5. The molecule has 0 heterocycles. The van der Waals surface area contributed by atoms with Crippen molar-refractivity contribution in [2.75, 3.05) is 7.11 Å². The van der Waals surface area contributed by atoms with Gasteiger partial charge in [-0.15, -0.1) is 0 Å². The van der Waals surface area contributed by atoms with Crippen molar-refractivity contribution in [1.29, 1.82) is 0 Å². The molecular weight excluding hydrogens is 152 g/mol. The smallest absolute Gasteiger partial charge is 0.305 e. The second-order valence-electron chi connectivity index (χ2n) is 3.99. The van der Waals surface area contributed by atoms with Crippen LogP contribution in [0.1, 0.15) is 46.5 Å². The van der Waals surface area contributed by atoms with Crippen molar-refractivity contribution in [3.63, 3.8) is 0 Å². The maximum atomic E-state index is 10.8. The van der Waals surface area contributed by atoms with Crippen LogP contribution in [0.4, 0.5) is 0 Å². The quantitative estimate of drug-likeness (QED) is 0.596. The summed E-state index contributed by atoms with van der Waals surface area (Å²) in [6, 6.07) is 0. The summed E-state index contributed by atoms with van der Waals surface area (Å²) in [5, 5.41) is 0. The number of carbonyl (C=O) groups is 1. The Kier molecular flexibility index (Phi) is 4.95. The first-order valence-electron chi connectivity index (χ1n) is 4.58. The molecule has 0 aliphatic carbocycles. The minimum absolute atomic E-state index is 0.0980. The monoisotopic (exact) mass is 172 g/mol. The van der Waals surface area contributed by atoms with Gasteiger partial charge in [-0.3, -0.25) is 4.79 Å². The van der Waals surface area contributed by atoms with E-state index in [9.17, 15) is 4.79 Å². The van der Waals surface area contributed by atoms with E-state index in [-0.39, 0.29) is 11.4 Å². The van der Waals surface area contributed by atoms with Crippen molar-refractivity contribution in [3.8, 4) is 0 Å². The molecule has 72 valence electrons. The predicted octanol–water partition coefficient (Wildman–Crippen LogP) is 2.77. The molecule has 0 radical (unpaired) electrons. The van der Waals surface area contributed by atoms with E-state index in [2.05, 4.69) is 25.5 Å². The molecule has 2 heteroatoms. The highest BCUT2D eigenvalue weighted by atomic mass is 16.5. The van der Waals surface area contributed by atoms with Crippen molar-refractivity contribution < 1.29 is 9.53 Å². The van der Waals surface area contributed by atoms with Gasteiger partial charge in [-0.1, -0.05) is 27.2 Å². The van der Waals surface area contributed by atoms with Gasteiger partial charge in [-0.2, -0.15) is 0 Å². The van der Waals surface area contributed by atoms with Crippen LogP contribution in [0.5, 0.6) is 0 Å². The summed E-state index contributed by atoms with van der Waals surface area (Å²) in [5.74, 6) is -0.0980. The first-order chi connectivity index (χ1) is 5.52. The van der Waals surface area contributed by atoms with Gasteiger partial charge >= 0.3 is 5.97 Å². The summed E-state index contributed by atoms with van der Waals surface area (Å²) in [6.45, 7) is 6.55. The number of esters is 1. The van der Waals surface area contributed by atoms with E-state index in [0.717, 1.165) is 6.42 Å². The zero-order valence-corrected chi connectivity index (χ0v) is 8.64. The molecule has 0 atom stereocenters. The Morgan fingerprint density at radius 2 is 1.92 bits per heavy atom. The third-order valence-electron chi connectivity index (χ3n) is 2.16. The Balaban J connectivity index is 3.67. The topological polar surface area (TPSA) is 26.3 Å². The Labute approximate surface area is 75.3 Å². The molecule has 0 aromatic carbocycles. The fraction of sp³-hybridized carbons (Fsp3) is 0.900. The molecule has 0 fully saturated rings. The van der Waals surface area contributed by atoms with Gasteiger partial charge in [0.05, 0.1) is 7.11 Å². The Morgan fingerprint density at radius 1 is 1.33 bits per heavy atom. The second-order valence-corrected chi connectivity index (χ2v) is 3.99. The fourth-order valence-electron chi connectivity index (χ4n) is 1.34. The predicted molar refractivity (Wildman–Crippen MR) is 49.9 cm³/mol. The van der Waals surface area contributed by atoms with Crippen molar-refractivity contribution in [1.82, 2.24) is 0 Å². The maximum absolute atomic E-state index is 10.8. The van der Waals surface area contributed by atoms with Gasteiger partial charge in [-0.25, -0.2) is 0 Å². The van der Waals surface area contributed by atoms with Crippen LogP contribution in [-0.2, 0) is 9.53 Å². The molecule has 0 amide bonds. The first-order valence-corrected chi connectivity index (χ1v) is 4.58. The van der Waals surface area contributed by atoms with Crippen LogP contribution in [0, 0.1) is 5.41 Å². The van der Waals surface area contributed by atoms with E-state index < -0.39 is 0 Å². The number of rotatable bonds is 5. The molecule has 0 aromatic heterocycles. The largest absolute Gasteiger partial charge is 0.469 e. The number of carbonyl (C=O) groups excluding carboxylic acids is 1. The van der Waals surface area contributed by atoms with Crippen LogP contribution >= 0.6 is 0 Å². The average molecular weight is 172 g/mol. The third kappa shape index (κ3) is 5.16. The lowest BCUT2D eigenvalue weighted by molar-refractivity contribution is -0.141. The fourth-order valence-corrected chi connectivity index (χ4v) is 1.34. The molecule has 0 saturated carbocycles. The van der Waals surface area contributed by atoms with Crippen molar-refractivity contribution in [2.24, 2.45) is 5.41 Å². The van der Waals surface area contributed by atoms with Gasteiger partial charge in [0.2, 0.25) is 0 Å². The van der Waals surface area contributed by atoms with E-state index in [1.807, 2.05) is 0 Å². The Hall–Kier alpha value is -0.530. The molecule has 0 spiro atoms. The number of ether oxygens (including phenoxy) is 1. The van der Waals surface area contributed by atoms with Crippen LogP contribution in [-0.4, -0.2) is 13.1 Å². The van der Waals surface area contributed by atoms with Gasteiger partial charge in [0.1, 0.15) is 0 Å². The van der Waals surface area contributed by atoms with Crippen LogP contribution in [0.3, 0.4) is 0 Å². The second kappa shape index (κ2) is 5.18. The molecule has 0 unspecified atom stereocenters. The summed E-state index contributed by atoms with van der Waals surface area (Å²) in [7, 11) is 1.44. The number of hydrogen-bond acceptors (Lipinski definition) is 2. The number of methoxy groups -OCH3 is 1. The van der Waals surface area contributed by atoms with E-state index in [1.165, 1.54) is 20.0 Å². The SMILES string of the molecule is CCCC(C)(C)CCC(=O)OC. The van der Waals surface area contributed by atoms with Gasteiger partial charge in [0.15, 0.2) is 0 Å². The lowest BCUT2D eigenvalue weighted by Crippen LogP contribution is -2.13. The highest BCUT2D eigenvalue weighted by Crippen LogP contribution is 2.27. The molecule has 2 nitrogen and oxygen atoms in total. The molecule has 0 aliphatic heterocycles. The van der Waals surface area contributed by atoms with Crippen molar-refractivity contribution in [3.05, 3.63) is 0 Å². The van der Waals surface area contributed by atoms with Crippen molar-refractivity contribution >= 4 is 5.97 Å². The van der Waals surface area contributed by atoms with Gasteiger partial charge in [0, 0.05) is 6.42 Å². The third-order valence-corrected chi connectivity index (χ3v) is 2.16. The summed E-state index contributed by atoms with van der Waals surface area (Å²) in [5.41, 5.74) is 0.281. The molecule has 0 N–H and O–H groups in total. The lowest BCUT2D eigenvalue weighted by atomic mass is 9.83. The Morgan fingerprint density at radius 3 is 2.33 bits per heavy atom. The summed E-state index contributed by atoms with van der Waals surface area (Å²) in [6.07, 6.45) is 3.81. The van der Waals surface area contributed by atoms with E-state index in [1.54, 1.807) is 0 Å². The molecule has 0 aromatic rings. The molecule has 0 aliphatic rings. The maximum Gasteiger partial charge on any atom is 0.305 e. The van der Waals surface area contributed by atoms with Crippen LogP contribution in [0.15, 0.2) is 0 Å². The highest BCUT2D eigenvalue weighted by Gasteiger charge is 2.17. The summed E-state index contributed by atoms with van der Waals surface area (Å²) < 4.78 is 4.58. The Bertz CT molecular complexity index is 139. The minimum atomic E-state index is -0.0980. The van der Waals surface area contributed by atoms with Gasteiger partial charge in [0.25, 0.3) is 0 Å². The molecular formula is C10H20O2. The lowest BCUT2D eigenvalue weighted by Gasteiger charge is -2.22. The molecule has 0 bridgehead atoms. The molecule has 0 rings (SSSR count). The van der Waals surface area contributed by atoms with Gasteiger partial charge in [-0.05, 0) is 18.3 Å². The van der Waals surface area contributed by atoms with E-state index in [4.69, 9.17) is 0 Å². The van der Waals surface area contributed by atoms with Crippen LogP contribution in [0.25, 0.3) is 0 Å². The normalized spacial score (nSPS) is 11.3. The standard InChI is InChI=1S/C10H20O2/c1-5-7-10(2,3)8-6-9(11)12-4/h5-8H2,1-4H3. The minimum Gasteiger partial charge on any atom is -0.469 e. The van der Waals surface area contributed by atoms with Crippen molar-refractivity contribution in [2.45, 2.75) is 46.5 Å². The summed E-state index contributed by atoms with van der Waals surface area (Å²) in [4.78, 5) is 10.8. The average Bonchev–Trinajstić information content (AvgIpc) is 2.00. The zero-order chi connectivity index (χ0) is 9.61. The van der Waals surface area contributed by atoms with E-state index >= 15 is 0 Å². The number of hydrogen-bond donors (Lipinski definition) is 0. The van der Waals surface area contributed by atoms with Crippen LogP contribution in [0.2, 0.25) is 0 Å². The zero-order valence-electron chi connectivity index (χ0n) is 8.64. The van der Waals surface area contributed by atoms with Gasteiger partial charge < -0.3 is 4.74 Å². The highest BCUT2D eigenvalue weighted by molar-refractivity contribution is 5.69. The molecule has 0 saturated heterocycles. The van der Waals surface area contributed by atoms with Crippen LogP contribution < -0.4 is 0 Å².